The standard InChI is InChI=1S/C14H22N2O2S2/c1-5-16(9-12(4)14(15)19)20(17,18)13-8-10(2)6-7-11(13)3/h6-8,12H,5,9H2,1-4H3,(H2,15,19). The molecule has 2 N–H and O–H groups in total. The van der Waals surface area contributed by atoms with Crippen LogP contribution in [-0.4, -0.2) is 30.8 Å². The van der Waals surface area contributed by atoms with Crippen LogP contribution in [0.15, 0.2) is 23.1 Å². The van der Waals surface area contributed by atoms with Gasteiger partial charge in [0.05, 0.1) is 9.88 Å². The fraction of sp³-hybridized carbons (Fsp3) is 0.500. The monoisotopic (exact) mass is 314 g/mol. The van der Waals surface area contributed by atoms with E-state index in [1.54, 1.807) is 13.0 Å². The van der Waals surface area contributed by atoms with Crippen molar-refractivity contribution in [2.24, 2.45) is 11.7 Å². The van der Waals surface area contributed by atoms with E-state index in [0.29, 0.717) is 23.0 Å². The second-order valence-electron chi connectivity index (χ2n) is 5.03. The molecule has 1 aromatic rings. The van der Waals surface area contributed by atoms with E-state index in [4.69, 9.17) is 18.0 Å². The van der Waals surface area contributed by atoms with Crippen molar-refractivity contribution < 1.29 is 8.42 Å². The number of thiocarbonyl (C=S) groups is 1. The Hall–Kier alpha value is -0.980. The van der Waals surface area contributed by atoms with Gasteiger partial charge in [0.25, 0.3) is 0 Å². The van der Waals surface area contributed by atoms with Crippen molar-refractivity contribution in [1.82, 2.24) is 4.31 Å². The minimum atomic E-state index is -3.51. The molecule has 0 radical (unpaired) electrons. The SMILES string of the molecule is CCN(CC(C)C(N)=S)S(=O)(=O)c1cc(C)ccc1C. The van der Waals surface area contributed by atoms with E-state index in [9.17, 15) is 8.42 Å². The van der Waals surface area contributed by atoms with E-state index in [1.807, 2.05) is 32.9 Å². The average molecular weight is 314 g/mol. The van der Waals surface area contributed by atoms with E-state index < -0.39 is 10.0 Å². The molecule has 0 fully saturated rings. The maximum absolute atomic E-state index is 12.7. The van der Waals surface area contributed by atoms with Gasteiger partial charge in [-0.05, 0) is 31.0 Å². The number of hydrogen-bond acceptors (Lipinski definition) is 3. The highest BCUT2D eigenvalue weighted by Gasteiger charge is 2.26. The molecule has 6 heteroatoms. The molecule has 0 amide bonds. The topological polar surface area (TPSA) is 63.4 Å². The molecule has 0 aliphatic carbocycles. The van der Waals surface area contributed by atoms with Crippen LogP contribution in [0.2, 0.25) is 0 Å². The third kappa shape index (κ3) is 3.77. The van der Waals surface area contributed by atoms with Gasteiger partial charge in [-0.3, -0.25) is 0 Å². The van der Waals surface area contributed by atoms with E-state index in [-0.39, 0.29) is 5.92 Å². The largest absolute Gasteiger partial charge is 0.393 e. The zero-order chi connectivity index (χ0) is 15.5. The van der Waals surface area contributed by atoms with E-state index in [2.05, 4.69) is 0 Å². The number of nitrogens with zero attached hydrogens (tertiary/aromatic N) is 1. The normalized spacial score (nSPS) is 13.4. The van der Waals surface area contributed by atoms with E-state index in [1.165, 1.54) is 4.31 Å². The highest BCUT2D eigenvalue weighted by molar-refractivity contribution is 7.89. The van der Waals surface area contributed by atoms with Crippen molar-refractivity contribution in [3.63, 3.8) is 0 Å². The lowest BCUT2D eigenvalue weighted by atomic mass is 10.2. The highest BCUT2D eigenvalue weighted by atomic mass is 32.2. The molecular formula is C14H22N2O2S2. The second kappa shape index (κ2) is 6.65. The fourth-order valence-electron chi connectivity index (χ4n) is 1.92. The van der Waals surface area contributed by atoms with Gasteiger partial charge in [-0.1, -0.05) is 38.2 Å². The van der Waals surface area contributed by atoms with Gasteiger partial charge in [-0.25, -0.2) is 8.42 Å². The molecule has 0 aliphatic rings. The van der Waals surface area contributed by atoms with Crippen molar-refractivity contribution in [2.45, 2.75) is 32.6 Å². The first-order chi connectivity index (χ1) is 9.20. The summed E-state index contributed by atoms with van der Waals surface area (Å²) >= 11 is 4.93. The Morgan fingerprint density at radius 3 is 2.50 bits per heavy atom. The molecule has 0 bridgehead atoms. The Bertz CT molecular complexity index is 597. The molecule has 112 valence electrons. The first-order valence-electron chi connectivity index (χ1n) is 6.56. The smallest absolute Gasteiger partial charge is 0.243 e. The summed E-state index contributed by atoms with van der Waals surface area (Å²) in [4.78, 5) is 0.689. The first kappa shape index (κ1) is 17.1. The summed E-state index contributed by atoms with van der Waals surface area (Å²) in [5.41, 5.74) is 7.26. The molecule has 0 saturated heterocycles. The van der Waals surface area contributed by atoms with Crippen LogP contribution in [0.3, 0.4) is 0 Å². The second-order valence-corrected chi connectivity index (χ2v) is 7.41. The molecule has 0 heterocycles. The molecule has 0 aromatic heterocycles. The van der Waals surface area contributed by atoms with Gasteiger partial charge in [0, 0.05) is 19.0 Å². The predicted octanol–water partition coefficient (Wildman–Crippen LogP) is 2.24. The predicted molar refractivity (Wildman–Crippen MR) is 86.3 cm³/mol. The fourth-order valence-corrected chi connectivity index (χ4v) is 3.84. The third-order valence-electron chi connectivity index (χ3n) is 3.28. The van der Waals surface area contributed by atoms with Crippen LogP contribution in [0, 0.1) is 19.8 Å². The average Bonchev–Trinajstić information content (AvgIpc) is 2.37. The van der Waals surface area contributed by atoms with Crippen molar-refractivity contribution in [1.29, 1.82) is 0 Å². The minimum Gasteiger partial charge on any atom is -0.393 e. The molecule has 1 aromatic carbocycles. The summed E-state index contributed by atoms with van der Waals surface area (Å²) in [7, 11) is -3.51. The summed E-state index contributed by atoms with van der Waals surface area (Å²) in [5, 5.41) is 0. The lowest BCUT2D eigenvalue weighted by Gasteiger charge is -2.24. The Labute approximate surface area is 127 Å². The van der Waals surface area contributed by atoms with Crippen LogP contribution >= 0.6 is 12.2 Å². The molecule has 20 heavy (non-hydrogen) atoms. The zero-order valence-electron chi connectivity index (χ0n) is 12.4. The summed E-state index contributed by atoms with van der Waals surface area (Å²) < 4.78 is 26.9. The number of benzene rings is 1. The number of nitrogens with two attached hydrogens (primary N) is 1. The van der Waals surface area contributed by atoms with Crippen molar-refractivity contribution in [3.8, 4) is 0 Å². The van der Waals surface area contributed by atoms with Crippen molar-refractivity contribution in [2.75, 3.05) is 13.1 Å². The Balaban J connectivity index is 3.18. The molecule has 0 aliphatic heterocycles. The molecule has 1 rings (SSSR count). The number of aryl methyl sites for hydroxylation is 2. The number of sulfonamides is 1. The number of hydrogen-bond donors (Lipinski definition) is 1. The Morgan fingerprint density at radius 1 is 1.40 bits per heavy atom. The van der Waals surface area contributed by atoms with Gasteiger partial charge in [0.1, 0.15) is 0 Å². The van der Waals surface area contributed by atoms with Crippen LogP contribution in [0.5, 0.6) is 0 Å². The lowest BCUT2D eigenvalue weighted by Crippen LogP contribution is -2.38. The van der Waals surface area contributed by atoms with E-state index in [0.717, 1.165) is 11.1 Å². The molecule has 1 unspecified atom stereocenters. The van der Waals surface area contributed by atoms with Gasteiger partial charge in [0.2, 0.25) is 10.0 Å². The van der Waals surface area contributed by atoms with Crippen LogP contribution < -0.4 is 5.73 Å². The Morgan fingerprint density at radius 2 is 2.00 bits per heavy atom. The van der Waals surface area contributed by atoms with Gasteiger partial charge in [-0.2, -0.15) is 4.31 Å². The van der Waals surface area contributed by atoms with Crippen molar-refractivity contribution >= 4 is 27.2 Å². The molecule has 0 saturated carbocycles. The third-order valence-corrected chi connectivity index (χ3v) is 5.76. The summed E-state index contributed by atoms with van der Waals surface area (Å²) in [6, 6.07) is 5.44. The maximum atomic E-state index is 12.7. The van der Waals surface area contributed by atoms with Crippen molar-refractivity contribution in [3.05, 3.63) is 29.3 Å². The molecule has 0 spiro atoms. The minimum absolute atomic E-state index is 0.148. The molecule has 1 atom stereocenters. The van der Waals surface area contributed by atoms with Crippen LogP contribution in [0.4, 0.5) is 0 Å². The molecule has 4 nitrogen and oxygen atoms in total. The first-order valence-corrected chi connectivity index (χ1v) is 8.41. The quantitative estimate of drug-likeness (QED) is 0.818. The van der Waals surface area contributed by atoms with E-state index >= 15 is 0 Å². The zero-order valence-corrected chi connectivity index (χ0v) is 14.0. The van der Waals surface area contributed by atoms with Crippen LogP contribution in [-0.2, 0) is 10.0 Å². The van der Waals surface area contributed by atoms with Gasteiger partial charge in [0.15, 0.2) is 0 Å². The van der Waals surface area contributed by atoms with Crippen LogP contribution in [0.25, 0.3) is 0 Å². The summed E-state index contributed by atoms with van der Waals surface area (Å²) in [5.74, 6) is -0.148. The number of rotatable bonds is 6. The summed E-state index contributed by atoms with van der Waals surface area (Å²) in [6.07, 6.45) is 0. The highest BCUT2D eigenvalue weighted by Crippen LogP contribution is 2.22. The van der Waals surface area contributed by atoms with Gasteiger partial charge in [-0.15, -0.1) is 0 Å². The molecular weight excluding hydrogens is 292 g/mol. The van der Waals surface area contributed by atoms with Gasteiger partial charge < -0.3 is 5.73 Å². The summed E-state index contributed by atoms with van der Waals surface area (Å²) in [6.45, 7) is 8.03. The van der Waals surface area contributed by atoms with Crippen LogP contribution in [0.1, 0.15) is 25.0 Å². The Kier molecular flexibility index (Phi) is 5.68. The maximum Gasteiger partial charge on any atom is 0.243 e. The van der Waals surface area contributed by atoms with Gasteiger partial charge >= 0.3 is 0 Å². The lowest BCUT2D eigenvalue weighted by molar-refractivity contribution is 0.405.